The fraction of sp³-hybridized carbons (Fsp3) is 0.238. The average molecular weight is 455 g/mol. The molecule has 1 aliphatic heterocycles. The third-order valence-electron chi connectivity index (χ3n) is 4.53. The lowest BCUT2D eigenvalue weighted by molar-refractivity contribution is -0.113. The van der Waals surface area contributed by atoms with Gasteiger partial charge in [0.2, 0.25) is 12.7 Å². The molecule has 0 fully saturated rings. The average Bonchev–Trinajstić information content (AvgIpc) is 3.53. The lowest BCUT2D eigenvalue weighted by Crippen LogP contribution is -2.28. The zero-order valence-electron chi connectivity index (χ0n) is 17.2. The summed E-state index contributed by atoms with van der Waals surface area (Å²) in [6.07, 6.45) is 3.13. The first-order valence-electron chi connectivity index (χ1n) is 9.76. The third-order valence-corrected chi connectivity index (χ3v) is 5.49. The number of thioether (sulfide) groups is 1. The number of nitrogens with one attached hydrogen (secondary N) is 2. The number of carbonyl (C=O) groups excluding carboxylic acids is 2. The zero-order chi connectivity index (χ0) is 22.5. The van der Waals surface area contributed by atoms with Gasteiger partial charge in [-0.1, -0.05) is 17.8 Å². The molecule has 11 heteroatoms. The number of carbonyl (C=O) groups is 2. The second-order valence-corrected chi connectivity index (χ2v) is 7.76. The molecule has 0 bridgehead atoms. The Labute approximate surface area is 188 Å². The van der Waals surface area contributed by atoms with Crippen molar-refractivity contribution in [2.45, 2.75) is 24.7 Å². The number of rotatable bonds is 9. The summed E-state index contributed by atoms with van der Waals surface area (Å²) < 4.78 is 17.5. The van der Waals surface area contributed by atoms with Crippen molar-refractivity contribution in [1.29, 1.82) is 0 Å². The molecule has 2 N–H and O–H groups in total. The van der Waals surface area contributed by atoms with Crippen molar-refractivity contribution in [2.75, 3.05) is 17.9 Å². The van der Waals surface area contributed by atoms with Crippen LogP contribution in [0.1, 0.15) is 29.3 Å². The highest BCUT2D eigenvalue weighted by atomic mass is 32.2. The van der Waals surface area contributed by atoms with E-state index in [1.54, 1.807) is 47.9 Å². The highest BCUT2D eigenvalue weighted by Crippen LogP contribution is 2.34. The standard InChI is InChI=1S/C21H21N5O5S/c1-3-8-26-19(13(2)22-20(28)16-5-4-9-29-16)24-25-21(26)32-11-18(27)23-14-6-7-15-17(10-14)31-12-30-15/h3-7,9-10,13H,1,8,11-12H2,2H3,(H,22,28)(H,23,27). The third kappa shape index (κ3) is 4.78. The Bertz CT molecular complexity index is 1130. The van der Waals surface area contributed by atoms with Gasteiger partial charge >= 0.3 is 0 Å². The van der Waals surface area contributed by atoms with E-state index in [-0.39, 0.29) is 30.1 Å². The Hall–Kier alpha value is -3.73. The molecule has 4 rings (SSSR count). The van der Waals surface area contributed by atoms with Gasteiger partial charge in [-0.15, -0.1) is 16.8 Å². The van der Waals surface area contributed by atoms with E-state index in [0.717, 1.165) is 0 Å². The molecule has 1 atom stereocenters. The lowest BCUT2D eigenvalue weighted by Gasteiger charge is -2.14. The quantitative estimate of drug-likeness (QED) is 0.373. The minimum absolute atomic E-state index is 0.122. The van der Waals surface area contributed by atoms with Crippen LogP contribution < -0.4 is 20.1 Å². The van der Waals surface area contributed by atoms with Crippen molar-refractivity contribution in [1.82, 2.24) is 20.1 Å². The molecule has 3 heterocycles. The number of allylic oxidation sites excluding steroid dienone is 1. The summed E-state index contributed by atoms with van der Waals surface area (Å²) in [6, 6.07) is 8.00. The fourth-order valence-corrected chi connectivity index (χ4v) is 3.82. The molecule has 1 unspecified atom stereocenters. The Morgan fingerprint density at radius 1 is 1.28 bits per heavy atom. The van der Waals surface area contributed by atoms with E-state index in [9.17, 15) is 9.59 Å². The van der Waals surface area contributed by atoms with Crippen LogP contribution in [0.2, 0.25) is 0 Å². The number of furan rings is 1. The maximum absolute atomic E-state index is 12.4. The molecule has 10 nitrogen and oxygen atoms in total. The molecule has 32 heavy (non-hydrogen) atoms. The number of amides is 2. The summed E-state index contributed by atoms with van der Waals surface area (Å²) >= 11 is 1.24. The predicted molar refractivity (Wildman–Crippen MR) is 117 cm³/mol. The maximum Gasteiger partial charge on any atom is 0.287 e. The van der Waals surface area contributed by atoms with Crippen LogP contribution in [0, 0.1) is 0 Å². The van der Waals surface area contributed by atoms with Gasteiger partial charge in [0.05, 0.1) is 18.1 Å². The van der Waals surface area contributed by atoms with E-state index >= 15 is 0 Å². The monoisotopic (exact) mass is 455 g/mol. The molecular weight excluding hydrogens is 434 g/mol. The Morgan fingerprint density at radius 2 is 2.12 bits per heavy atom. The summed E-state index contributed by atoms with van der Waals surface area (Å²) in [6.45, 7) is 6.16. The molecular formula is C21H21N5O5S. The first-order chi connectivity index (χ1) is 15.5. The molecule has 2 aromatic heterocycles. The van der Waals surface area contributed by atoms with Crippen LogP contribution in [0.15, 0.2) is 58.8 Å². The zero-order valence-corrected chi connectivity index (χ0v) is 18.1. The number of benzene rings is 1. The molecule has 2 amide bonds. The summed E-state index contributed by atoms with van der Waals surface area (Å²) in [4.78, 5) is 24.7. The topological polar surface area (TPSA) is 121 Å². The highest BCUT2D eigenvalue weighted by molar-refractivity contribution is 7.99. The minimum atomic E-state index is -0.433. The summed E-state index contributed by atoms with van der Waals surface area (Å²) in [5, 5.41) is 14.6. The lowest BCUT2D eigenvalue weighted by atomic mass is 10.3. The van der Waals surface area contributed by atoms with Gasteiger partial charge in [0.1, 0.15) is 0 Å². The first-order valence-corrected chi connectivity index (χ1v) is 10.7. The molecule has 1 aliphatic rings. The van der Waals surface area contributed by atoms with Crippen molar-refractivity contribution < 1.29 is 23.5 Å². The van der Waals surface area contributed by atoms with Gasteiger partial charge in [-0.3, -0.25) is 9.59 Å². The van der Waals surface area contributed by atoms with Gasteiger partial charge in [0.25, 0.3) is 5.91 Å². The van der Waals surface area contributed by atoms with Crippen molar-refractivity contribution in [3.63, 3.8) is 0 Å². The first kappa shape index (κ1) is 21.5. The second-order valence-electron chi connectivity index (χ2n) is 6.82. The molecule has 3 aromatic rings. The Morgan fingerprint density at radius 3 is 2.91 bits per heavy atom. The van der Waals surface area contributed by atoms with Crippen LogP contribution in [-0.2, 0) is 11.3 Å². The molecule has 1 aromatic carbocycles. The van der Waals surface area contributed by atoms with E-state index in [1.165, 1.54) is 18.0 Å². The maximum atomic E-state index is 12.4. The van der Waals surface area contributed by atoms with Crippen LogP contribution in [0.25, 0.3) is 0 Å². The van der Waals surface area contributed by atoms with Crippen molar-refractivity contribution in [3.8, 4) is 11.5 Å². The number of aromatic nitrogens is 3. The molecule has 0 saturated heterocycles. The molecule has 0 radical (unpaired) electrons. The van der Waals surface area contributed by atoms with E-state index in [2.05, 4.69) is 27.4 Å². The van der Waals surface area contributed by atoms with Gasteiger partial charge in [-0.2, -0.15) is 0 Å². The van der Waals surface area contributed by atoms with Gasteiger partial charge in [0, 0.05) is 18.3 Å². The van der Waals surface area contributed by atoms with Crippen LogP contribution >= 0.6 is 11.8 Å². The van der Waals surface area contributed by atoms with Gasteiger partial charge < -0.3 is 29.1 Å². The number of hydrogen-bond acceptors (Lipinski definition) is 8. The second kappa shape index (κ2) is 9.60. The van der Waals surface area contributed by atoms with Crippen molar-refractivity contribution >= 4 is 29.3 Å². The van der Waals surface area contributed by atoms with E-state index in [0.29, 0.717) is 34.7 Å². The largest absolute Gasteiger partial charge is 0.459 e. The number of fused-ring (bicyclic) bond motifs is 1. The van der Waals surface area contributed by atoms with Crippen LogP contribution in [-0.4, -0.2) is 39.1 Å². The summed E-state index contributed by atoms with van der Waals surface area (Å²) in [7, 11) is 0. The Balaban J connectivity index is 1.38. The minimum Gasteiger partial charge on any atom is -0.459 e. The summed E-state index contributed by atoms with van der Waals surface area (Å²) in [5.41, 5.74) is 0.613. The number of anilines is 1. The highest BCUT2D eigenvalue weighted by Gasteiger charge is 2.21. The van der Waals surface area contributed by atoms with Crippen molar-refractivity contribution in [2.24, 2.45) is 0 Å². The molecule has 0 aliphatic carbocycles. The van der Waals surface area contributed by atoms with E-state index in [4.69, 9.17) is 13.9 Å². The smallest absolute Gasteiger partial charge is 0.287 e. The molecule has 0 spiro atoms. The van der Waals surface area contributed by atoms with Gasteiger partial charge in [0.15, 0.2) is 28.2 Å². The van der Waals surface area contributed by atoms with Crippen LogP contribution in [0.4, 0.5) is 5.69 Å². The van der Waals surface area contributed by atoms with Gasteiger partial charge in [-0.25, -0.2) is 0 Å². The Kier molecular flexibility index (Phi) is 6.45. The predicted octanol–water partition coefficient (Wildman–Crippen LogP) is 3.01. The number of nitrogens with zero attached hydrogens (tertiary/aromatic N) is 3. The summed E-state index contributed by atoms with van der Waals surface area (Å²) in [5.74, 6) is 1.56. The molecule has 0 saturated carbocycles. The van der Waals surface area contributed by atoms with E-state index < -0.39 is 6.04 Å². The van der Waals surface area contributed by atoms with Gasteiger partial charge in [-0.05, 0) is 31.2 Å². The number of ether oxygens (including phenoxy) is 2. The SMILES string of the molecule is C=CCn1c(SCC(=O)Nc2ccc3c(c2)OCO3)nnc1C(C)NC(=O)c1ccco1. The fourth-order valence-electron chi connectivity index (χ4n) is 3.07. The number of hydrogen-bond donors (Lipinski definition) is 2. The van der Waals surface area contributed by atoms with Crippen LogP contribution in [0.3, 0.4) is 0 Å². The van der Waals surface area contributed by atoms with Crippen molar-refractivity contribution in [3.05, 3.63) is 60.8 Å². The molecule has 166 valence electrons. The van der Waals surface area contributed by atoms with E-state index in [1.807, 2.05) is 0 Å². The van der Waals surface area contributed by atoms with Crippen LogP contribution in [0.5, 0.6) is 11.5 Å². The normalized spacial score (nSPS) is 12.9.